The lowest BCUT2D eigenvalue weighted by Gasteiger charge is -2.31. The fourth-order valence-corrected chi connectivity index (χ4v) is 5.17. The molecule has 4 nitrogen and oxygen atoms in total. The number of alkyl halides is 1. The maximum atomic E-state index is 11.4. The fourth-order valence-electron chi connectivity index (χ4n) is 2.28. The van der Waals surface area contributed by atoms with E-state index in [0.29, 0.717) is 5.11 Å². The predicted octanol–water partition coefficient (Wildman–Crippen LogP) is 0.751. The Morgan fingerprint density at radius 2 is 1.88 bits per heavy atom. The van der Waals surface area contributed by atoms with E-state index in [9.17, 15) is 8.42 Å². The Labute approximate surface area is 113 Å². The predicted molar refractivity (Wildman–Crippen MR) is 73.2 cm³/mol. The number of sulfone groups is 1. The van der Waals surface area contributed by atoms with Crippen molar-refractivity contribution in [3.8, 4) is 0 Å². The minimum atomic E-state index is -2.99. The van der Waals surface area contributed by atoms with Crippen LogP contribution in [0, 0.1) is 0 Å². The SMILES string of the molecule is O=S1(=O)C[C@H](NC(=S)N2CCCCC2)[C@@H](Cl)C1. The molecule has 98 valence electrons. The monoisotopic (exact) mass is 296 g/mol. The number of halogens is 1. The van der Waals surface area contributed by atoms with Crippen LogP contribution in [0.5, 0.6) is 0 Å². The van der Waals surface area contributed by atoms with Crippen molar-refractivity contribution in [3.05, 3.63) is 0 Å². The lowest BCUT2D eigenvalue weighted by atomic mass is 10.1. The zero-order valence-electron chi connectivity index (χ0n) is 9.56. The first-order valence-corrected chi connectivity index (χ1v) is 8.54. The molecule has 2 aliphatic heterocycles. The van der Waals surface area contributed by atoms with Crippen LogP contribution in [0.1, 0.15) is 19.3 Å². The Hall–Kier alpha value is -0.0700. The molecular formula is C10H17ClN2O2S2. The zero-order valence-corrected chi connectivity index (χ0v) is 12.0. The van der Waals surface area contributed by atoms with Gasteiger partial charge in [-0.3, -0.25) is 0 Å². The third kappa shape index (κ3) is 3.45. The van der Waals surface area contributed by atoms with E-state index in [1.165, 1.54) is 6.42 Å². The van der Waals surface area contributed by atoms with Crippen molar-refractivity contribution in [2.75, 3.05) is 24.6 Å². The van der Waals surface area contributed by atoms with Crippen molar-refractivity contribution >= 4 is 38.8 Å². The number of piperidine rings is 1. The number of thiocarbonyl (C=S) groups is 1. The van der Waals surface area contributed by atoms with E-state index in [1.54, 1.807) is 0 Å². The van der Waals surface area contributed by atoms with Crippen LogP contribution in [0.25, 0.3) is 0 Å². The van der Waals surface area contributed by atoms with Gasteiger partial charge in [0.05, 0.1) is 22.9 Å². The fraction of sp³-hybridized carbons (Fsp3) is 0.900. The Kier molecular flexibility index (Phi) is 4.15. The van der Waals surface area contributed by atoms with E-state index in [1.807, 2.05) is 0 Å². The first-order chi connectivity index (χ1) is 7.98. The lowest BCUT2D eigenvalue weighted by molar-refractivity contribution is 0.335. The molecule has 2 fully saturated rings. The molecule has 2 heterocycles. The van der Waals surface area contributed by atoms with Crippen LogP contribution < -0.4 is 5.32 Å². The van der Waals surface area contributed by atoms with Crippen LogP contribution in [0.3, 0.4) is 0 Å². The molecule has 2 rings (SSSR count). The quantitative estimate of drug-likeness (QED) is 0.572. The lowest BCUT2D eigenvalue weighted by Crippen LogP contribution is -2.49. The molecule has 0 aliphatic carbocycles. The summed E-state index contributed by atoms with van der Waals surface area (Å²) in [7, 11) is -2.99. The standard InChI is InChI=1S/C10H17ClN2O2S2/c11-8-6-17(14,15)7-9(8)12-10(16)13-4-2-1-3-5-13/h8-9H,1-7H2,(H,12,16)/t8-,9-/m0/s1. The Bertz CT molecular complexity index is 393. The van der Waals surface area contributed by atoms with E-state index >= 15 is 0 Å². The summed E-state index contributed by atoms with van der Waals surface area (Å²) in [5.41, 5.74) is 0. The molecule has 0 bridgehead atoms. The normalized spacial score (nSPS) is 32.4. The molecular weight excluding hydrogens is 280 g/mol. The molecule has 17 heavy (non-hydrogen) atoms. The summed E-state index contributed by atoms with van der Waals surface area (Å²) < 4.78 is 22.9. The first-order valence-electron chi connectivity index (χ1n) is 5.88. The molecule has 2 saturated heterocycles. The van der Waals surface area contributed by atoms with Crippen LogP contribution in [0.4, 0.5) is 0 Å². The number of nitrogens with zero attached hydrogens (tertiary/aromatic N) is 1. The molecule has 2 aliphatic rings. The number of nitrogens with one attached hydrogen (secondary N) is 1. The van der Waals surface area contributed by atoms with Crippen molar-refractivity contribution < 1.29 is 8.42 Å². The number of hydrogen-bond acceptors (Lipinski definition) is 3. The molecule has 0 saturated carbocycles. The highest BCUT2D eigenvalue weighted by atomic mass is 35.5. The molecule has 0 amide bonds. The Morgan fingerprint density at radius 1 is 1.24 bits per heavy atom. The number of hydrogen-bond donors (Lipinski definition) is 1. The summed E-state index contributed by atoms with van der Waals surface area (Å²) >= 11 is 11.3. The average molecular weight is 297 g/mol. The Morgan fingerprint density at radius 3 is 2.41 bits per heavy atom. The van der Waals surface area contributed by atoms with Crippen LogP contribution in [-0.4, -0.2) is 54.4 Å². The van der Waals surface area contributed by atoms with E-state index in [-0.39, 0.29) is 22.9 Å². The summed E-state index contributed by atoms with van der Waals surface area (Å²) in [6.07, 6.45) is 3.54. The van der Waals surface area contributed by atoms with Gasteiger partial charge in [-0.25, -0.2) is 8.42 Å². The maximum absolute atomic E-state index is 11.4. The van der Waals surface area contributed by atoms with Gasteiger partial charge >= 0.3 is 0 Å². The second kappa shape index (κ2) is 5.28. The minimum Gasteiger partial charge on any atom is -0.357 e. The van der Waals surface area contributed by atoms with Crippen molar-refractivity contribution in [1.82, 2.24) is 10.2 Å². The van der Waals surface area contributed by atoms with Gasteiger partial charge < -0.3 is 10.2 Å². The number of likely N-dealkylation sites (tertiary alicyclic amines) is 1. The van der Waals surface area contributed by atoms with E-state index < -0.39 is 9.84 Å². The molecule has 0 radical (unpaired) electrons. The van der Waals surface area contributed by atoms with Gasteiger partial charge in [-0.05, 0) is 31.5 Å². The van der Waals surface area contributed by atoms with Gasteiger partial charge in [-0.15, -0.1) is 11.6 Å². The van der Waals surface area contributed by atoms with Gasteiger partial charge in [0.25, 0.3) is 0 Å². The van der Waals surface area contributed by atoms with Crippen molar-refractivity contribution in [2.45, 2.75) is 30.7 Å². The maximum Gasteiger partial charge on any atom is 0.169 e. The highest BCUT2D eigenvalue weighted by Gasteiger charge is 2.37. The van der Waals surface area contributed by atoms with Crippen molar-refractivity contribution in [1.29, 1.82) is 0 Å². The van der Waals surface area contributed by atoms with Gasteiger partial charge in [0, 0.05) is 13.1 Å². The van der Waals surface area contributed by atoms with Gasteiger partial charge in [-0.1, -0.05) is 0 Å². The van der Waals surface area contributed by atoms with Gasteiger partial charge in [0.15, 0.2) is 14.9 Å². The summed E-state index contributed by atoms with van der Waals surface area (Å²) in [5, 5.41) is 3.38. The van der Waals surface area contributed by atoms with E-state index in [0.717, 1.165) is 25.9 Å². The minimum absolute atomic E-state index is 0.0504. The zero-order chi connectivity index (χ0) is 12.5. The molecule has 0 aromatic heterocycles. The van der Waals surface area contributed by atoms with Gasteiger partial charge in [0.1, 0.15) is 0 Å². The summed E-state index contributed by atoms with van der Waals surface area (Å²) in [4.78, 5) is 2.10. The van der Waals surface area contributed by atoms with Crippen LogP contribution >= 0.6 is 23.8 Å². The molecule has 2 atom stereocenters. The molecule has 0 unspecified atom stereocenters. The molecule has 0 aromatic carbocycles. The van der Waals surface area contributed by atoms with Gasteiger partial charge in [-0.2, -0.15) is 0 Å². The molecule has 0 spiro atoms. The van der Waals surface area contributed by atoms with Crippen LogP contribution in [0.15, 0.2) is 0 Å². The van der Waals surface area contributed by atoms with Crippen LogP contribution in [-0.2, 0) is 9.84 Å². The van der Waals surface area contributed by atoms with E-state index in [4.69, 9.17) is 23.8 Å². The number of rotatable bonds is 1. The second-order valence-corrected chi connectivity index (χ2v) is 7.80. The summed E-state index contributed by atoms with van der Waals surface area (Å²) in [5.74, 6) is 0.143. The Balaban J connectivity index is 1.90. The van der Waals surface area contributed by atoms with Crippen molar-refractivity contribution in [3.63, 3.8) is 0 Å². The highest BCUT2D eigenvalue weighted by Crippen LogP contribution is 2.18. The average Bonchev–Trinajstić information content (AvgIpc) is 2.53. The third-order valence-corrected chi connectivity index (χ3v) is 5.99. The second-order valence-electron chi connectivity index (χ2n) is 4.70. The van der Waals surface area contributed by atoms with Gasteiger partial charge in [0.2, 0.25) is 0 Å². The molecule has 7 heteroatoms. The molecule has 1 N–H and O–H groups in total. The smallest absolute Gasteiger partial charge is 0.169 e. The van der Waals surface area contributed by atoms with E-state index in [2.05, 4.69) is 10.2 Å². The topological polar surface area (TPSA) is 49.4 Å². The first kappa shape index (κ1) is 13.4. The van der Waals surface area contributed by atoms with Crippen molar-refractivity contribution in [2.24, 2.45) is 0 Å². The van der Waals surface area contributed by atoms with Crippen LogP contribution in [0.2, 0.25) is 0 Å². The summed E-state index contributed by atoms with van der Waals surface area (Å²) in [6.45, 7) is 1.91. The highest BCUT2D eigenvalue weighted by molar-refractivity contribution is 7.91. The largest absolute Gasteiger partial charge is 0.357 e. The molecule has 0 aromatic rings. The third-order valence-electron chi connectivity index (χ3n) is 3.24. The summed E-state index contributed by atoms with van der Waals surface area (Å²) in [6, 6.07) is -0.240.